The van der Waals surface area contributed by atoms with Gasteiger partial charge in [0, 0.05) is 45.8 Å². The van der Waals surface area contributed by atoms with Crippen LogP contribution in [0.4, 0.5) is 0 Å². The molecule has 1 fully saturated rings. The number of thioether (sulfide) groups is 2. The number of hydrogen-bond acceptors (Lipinski definition) is 6. The minimum absolute atomic E-state index is 0.135. The van der Waals surface area contributed by atoms with Gasteiger partial charge in [0.15, 0.2) is 0 Å². The van der Waals surface area contributed by atoms with Crippen molar-refractivity contribution >= 4 is 34.9 Å². The molecule has 1 aliphatic heterocycles. The fourth-order valence-corrected chi connectivity index (χ4v) is 5.93. The maximum atomic E-state index is 5.75. The van der Waals surface area contributed by atoms with Crippen LogP contribution in [0.1, 0.15) is 31.5 Å². The number of rotatable bonds is 4. The Morgan fingerprint density at radius 3 is 2.79 bits per heavy atom. The minimum Gasteiger partial charge on any atom is -0.271 e. The van der Waals surface area contributed by atoms with Crippen LogP contribution in [-0.4, -0.2) is 33.5 Å². The third-order valence-corrected chi connectivity index (χ3v) is 7.01. The van der Waals surface area contributed by atoms with Gasteiger partial charge in [0.2, 0.25) is 0 Å². The first kappa shape index (κ1) is 15.6. The van der Waals surface area contributed by atoms with Crippen LogP contribution in [0.5, 0.6) is 0 Å². The van der Waals surface area contributed by atoms with E-state index in [4.69, 9.17) is 10.8 Å². The summed E-state index contributed by atoms with van der Waals surface area (Å²) in [6.45, 7) is 6.62. The predicted molar refractivity (Wildman–Crippen MR) is 89.2 cm³/mol. The van der Waals surface area contributed by atoms with Crippen LogP contribution >= 0.6 is 34.9 Å². The summed E-state index contributed by atoms with van der Waals surface area (Å²) in [5, 5.41) is 3.99. The maximum Gasteiger partial charge on any atom is 0.0944 e. The van der Waals surface area contributed by atoms with E-state index in [1.165, 1.54) is 28.0 Å². The lowest BCUT2D eigenvalue weighted by atomic mass is 9.93. The van der Waals surface area contributed by atoms with Crippen molar-refractivity contribution in [2.75, 3.05) is 17.3 Å². The van der Waals surface area contributed by atoms with E-state index < -0.39 is 0 Å². The van der Waals surface area contributed by atoms with Gasteiger partial charge in [-0.15, -0.1) is 11.3 Å². The second-order valence-corrected chi connectivity index (χ2v) is 9.28. The van der Waals surface area contributed by atoms with Gasteiger partial charge in [0.05, 0.1) is 10.7 Å². The molecule has 0 radical (unpaired) electrons. The number of hydrazine groups is 1. The fourth-order valence-electron chi connectivity index (χ4n) is 1.97. The number of nitrogens with zero attached hydrogens (tertiary/aromatic N) is 1. The fraction of sp³-hybridized carbons (Fsp3) is 0.769. The third-order valence-electron chi connectivity index (χ3n) is 3.22. The average Bonchev–Trinajstić information content (AvgIpc) is 2.85. The molecule has 0 bridgehead atoms. The third kappa shape index (κ3) is 4.36. The van der Waals surface area contributed by atoms with Gasteiger partial charge < -0.3 is 0 Å². The zero-order chi connectivity index (χ0) is 13.9. The summed E-state index contributed by atoms with van der Waals surface area (Å²) in [5.41, 5.74) is 4.32. The Kier molecular flexibility index (Phi) is 5.60. The van der Waals surface area contributed by atoms with Crippen molar-refractivity contribution in [3.8, 4) is 0 Å². The Morgan fingerprint density at radius 2 is 2.26 bits per heavy atom. The van der Waals surface area contributed by atoms with Crippen molar-refractivity contribution in [2.24, 2.45) is 5.84 Å². The monoisotopic (exact) mass is 317 g/mol. The van der Waals surface area contributed by atoms with E-state index in [0.717, 1.165) is 6.42 Å². The highest BCUT2D eigenvalue weighted by molar-refractivity contribution is 8.06. The lowest BCUT2D eigenvalue weighted by Gasteiger charge is -2.28. The van der Waals surface area contributed by atoms with Gasteiger partial charge in [-0.1, -0.05) is 20.8 Å². The summed E-state index contributed by atoms with van der Waals surface area (Å²) in [7, 11) is 0. The van der Waals surface area contributed by atoms with Crippen molar-refractivity contribution in [1.29, 1.82) is 0 Å². The molecule has 2 unspecified atom stereocenters. The largest absolute Gasteiger partial charge is 0.271 e. The van der Waals surface area contributed by atoms with Crippen molar-refractivity contribution in [2.45, 2.75) is 43.9 Å². The number of hydrogen-bond donors (Lipinski definition) is 2. The van der Waals surface area contributed by atoms with Crippen molar-refractivity contribution in [1.82, 2.24) is 10.4 Å². The summed E-state index contributed by atoms with van der Waals surface area (Å²) in [4.78, 5) is 4.77. The molecule has 2 atom stereocenters. The minimum atomic E-state index is 0.135. The van der Waals surface area contributed by atoms with Crippen molar-refractivity contribution < 1.29 is 0 Å². The second-order valence-electron chi connectivity index (χ2n) is 5.84. The molecule has 1 saturated heterocycles. The zero-order valence-corrected chi connectivity index (χ0v) is 14.3. The molecule has 0 aromatic carbocycles. The number of aromatic nitrogens is 1. The highest BCUT2D eigenvalue weighted by atomic mass is 32.2. The Hall–Kier alpha value is 0.250. The van der Waals surface area contributed by atoms with Crippen LogP contribution in [0.25, 0.3) is 0 Å². The smallest absolute Gasteiger partial charge is 0.0944 e. The number of thiazole rings is 1. The number of nitrogens with two attached hydrogens (primary N) is 1. The Labute approximate surface area is 128 Å². The molecule has 1 aromatic heterocycles. The predicted octanol–water partition coefficient (Wildman–Crippen LogP) is 2.66. The Morgan fingerprint density at radius 1 is 1.47 bits per heavy atom. The van der Waals surface area contributed by atoms with Gasteiger partial charge in [-0.25, -0.2) is 4.98 Å². The lowest BCUT2D eigenvalue weighted by molar-refractivity contribution is 0.518. The van der Waals surface area contributed by atoms with Gasteiger partial charge in [-0.3, -0.25) is 11.3 Å². The molecule has 1 aromatic rings. The van der Waals surface area contributed by atoms with Crippen LogP contribution < -0.4 is 11.3 Å². The van der Waals surface area contributed by atoms with E-state index in [9.17, 15) is 0 Å². The summed E-state index contributed by atoms with van der Waals surface area (Å²) in [6, 6.07) is 0.330. The van der Waals surface area contributed by atoms with Crippen LogP contribution in [0.2, 0.25) is 0 Å². The zero-order valence-electron chi connectivity index (χ0n) is 11.8. The molecular formula is C13H23N3S3. The van der Waals surface area contributed by atoms with Gasteiger partial charge in [0.1, 0.15) is 0 Å². The second kappa shape index (κ2) is 6.80. The molecule has 3 nitrogen and oxygen atoms in total. The van der Waals surface area contributed by atoms with Crippen LogP contribution in [0, 0.1) is 0 Å². The van der Waals surface area contributed by atoms with Gasteiger partial charge >= 0.3 is 0 Å². The van der Waals surface area contributed by atoms with E-state index in [0.29, 0.717) is 11.3 Å². The molecule has 0 amide bonds. The molecule has 108 valence electrons. The lowest BCUT2D eigenvalue weighted by Crippen LogP contribution is -2.46. The summed E-state index contributed by atoms with van der Waals surface area (Å²) in [5.74, 6) is 9.44. The summed E-state index contributed by atoms with van der Waals surface area (Å²) >= 11 is 5.84. The van der Waals surface area contributed by atoms with E-state index in [1.54, 1.807) is 11.3 Å². The molecule has 6 heteroatoms. The molecule has 19 heavy (non-hydrogen) atoms. The van der Waals surface area contributed by atoms with Crippen molar-refractivity contribution in [3.05, 3.63) is 16.1 Å². The molecule has 3 N–H and O–H groups in total. The van der Waals surface area contributed by atoms with E-state index >= 15 is 0 Å². The Balaban J connectivity index is 1.99. The summed E-state index contributed by atoms with van der Waals surface area (Å²) < 4.78 is 0. The highest BCUT2D eigenvalue weighted by Gasteiger charge is 2.25. The van der Waals surface area contributed by atoms with Crippen molar-refractivity contribution in [3.63, 3.8) is 0 Å². The molecular weight excluding hydrogens is 294 g/mol. The first-order valence-electron chi connectivity index (χ1n) is 6.61. The van der Waals surface area contributed by atoms with Gasteiger partial charge in [-0.05, 0) is 0 Å². The first-order valence-corrected chi connectivity index (χ1v) is 9.69. The normalized spacial score (nSPS) is 22.4. The van der Waals surface area contributed by atoms with Crippen LogP contribution in [-0.2, 0) is 11.8 Å². The quantitative estimate of drug-likeness (QED) is 0.660. The molecule has 0 spiro atoms. The molecule has 0 aliphatic carbocycles. The average molecular weight is 318 g/mol. The van der Waals surface area contributed by atoms with E-state index in [1.807, 2.05) is 23.5 Å². The SMILES string of the molecule is CC(C)(C)c1csc(CC(NN)C2CSCCS2)n1. The standard InChI is InChI=1S/C13H23N3S3/c1-13(2,3)11-8-19-12(15-11)6-9(16-14)10-7-17-4-5-18-10/h8-10,16H,4-7,14H2,1-3H3. The number of nitrogens with one attached hydrogen (secondary N) is 1. The molecule has 1 aliphatic rings. The highest BCUT2D eigenvalue weighted by Crippen LogP contribution is 2.29. The van der Waals surface area contributed by atoms with E-state index in [-0.39, 0.29) is 5.41 Å². The van der Waals surface area contributed by atoms with E-state index in [2.05, 4.69) is 31.6 Å². The Bertz CT molecular complexity index is 394. The van der Waals surface area contributed by atoms with Gasteiger partial charge in [-0.2, -0.15) is 23.5 Å². The van der Waals surface area contributed by atoms with Crippen LogP contribution in [0.3, 0.4) is 0 Å². The molecule has 2 rings (SSSR count). The topological polar surface area (TPSA) is 50.9 Å². The first-order chi connectivity index (χ1) is 9.00. The van der Waals surface area contributed by atoms with Gasteiger partial charge in [0.25, 0.3) is 0 Å². The van der Waals surface area contributed by atoms with Crippen LogP contribution in [0.15, 0.2) is 5.38 Å². The molecule has 0 saturated carbocycles. The molecule has 2 heterocycles. The maximum absolute atomic E-state index is 5.75. The summed E-state index contributed by atoms with van der Waals surface area (Å²) in [6.07, 6.45) is 0.940.